The summed E-state index contributed by atoms with van der Waals surface area (Å²) in [5.74, 6) is -0.0770. The molecular formula is C21H27N3O3. The first-order valence-corrected chi connectivity index (χ1v) is 9.20. The second kappa shape index (κ2) is 8.06. The van der Waals surface area contributed by atoms with Crippen molar-refractivity contribution in [1.29, 1.82) is 0 Å². The van der Waals surface area contributed by atoms with Gasteiger partial charge in [0.2, 0.25) is 5.91 Å². The standard InChI is InChI=1S/C21H27N3O3/c1-16-19(17(2)23(3)22-16)9-10-20(26)24-11-12-27-21(14-24,15-25)13-18-7-5-4-6-8-18/h4-10,25H,11-15H2,1-3H3/b10-9+. The summed E-state index contributed by atoms with van der Waals surface area (Å²) < 4.78 is 7.73. The molecule has 1 atom stereocenters. The van der Waals surface area contributed by atoms with E-state index in [9.17, 15) is 9.90 Å². The number of nitrogens with zero attached hydrogens (tertiary/aromatic N) is 3. The highest BCUT2D eigenvalue weighted by Crippen LogP contribution is 2.23. The number of amides is 1. The first-order valence-electron chi connectivity index (χ1n) is 9.20. The van der Waals surface area contributed by atoms with Gasteiger partial charge in [-0.25, -0.2) is 0 Å². The maximum absolute atomic E-state index is 12.7. The first kappa shape index (κ1) is 19.3. The van der Waals surface area contributed by atoms with Crippen molar-refractivity contribution >= 4 is 12.0 Å². The van der Waals surface area contributed by atoms with Crippen LogP contribution in [0.4, 0.5) is 0 Å². The SMILES string of the molecule is Cc1nn(C)c(C)c1/C=C/C(=O)N1CCOC(CO)(Cc2ccccc2)C1. The zero-order valence-corrected chi connectivity index (χ0v) is 16.2. The number of aromatic nitrogens is 2. The van der Waals surface area contributed by atoms with Gasteiger partial charge in [-0.05, 0) is 25.5 Å². The molecule has 1 aromatic heterocycles. The summed E-state index contributed by atoms with van der Waals surface area (Å²) in [7, 11) is 1.89. The van der Waals surface area contributed by atoms with Gasteiger partial charge in [-0.1, -0.05) is 30.3 Å². The lowest BCUT2D eigenvalue weighted by atomic mass is 9.93. The quantitative estimate of drug-likeness (QED) is 0.818. The average molecular weight is 369 g/mol. The summed E-state index contributed by atoms with van der Waals surface area (Å²) in [5.41, 5.74) is 3.21. The lowest BCUT2D eigenvalue weighted by Gasteiger charge is -2.41. The van der Waals surface area contributed by atoms with Crippen LogP contribution in [0.1, 0.15) is 22.5 Å². The number of hydrogen-bond donors (Lipinski definition) is 1. The van der Waals surface area contributed by atoms with E-state index in [0.29, 0.717) is 26.1 Å². The highest BCUT2D eigenvalue weighted by atomic mass is 16.5. The molecular weight excluding hydrogens is 342 g/mol. The minimum absolute atomic E-state index is 0.0770. The first-order chi connectivity index (χ1) is 12.9. The van der Waals surface area contributed by atoms with Crippen molar-refractivity contribution in [2.24, 2.45) is 7.05 Å². The molecule has 1 aromatic carbocycles. The zero-order chi connectivity index (χ0) is 19.4. The van der Waals surface area contributed by atoms with E-state index in [2.05, 4.69) is 5.10 Å². The van der Waals surface area contributed by atoms with Crippen molar-refractivity contribution in [3.8, 4) is 0 Å². The molecule has 27 heavy (non-hydrogen) atoms. The predicted molar refractivity (Wildman–Crippen MR) is 104 cm³/mol. The molecule has 6 heteroatoms. The number of morpholine rings is 1. The summed E-state index contributed by atoms with van der Waals surface area (Å²) in [5, 5.41) is 14.4. The topological polar surface area (TPSA) is 67.6 Å². The molecule has 0 spiro atoms. The summed E-state index contributed by atoms with van der Waals surface area (Å²) in [6.07, 6.45) is 3.99. The van der Waals surface area contributed by atoms with E-state index in [0.717, 1.165) is 22.5 Å². The van der Waals surface area contributed by atoms with E-state index in [-0.39, 0.29) is 12.5 Å². The van der Waals surface area contributed by atoms with Gasteiger partial charge in [0.15, 0.2) is 0 Å². The van der Waals surface area contributed by atoms with Crippen LogP contribution in [0.25, 0.3) is 6.08 Å². The van der Waals surface area contributed by atoms with E-state index in [1.165, 1.54) is 0 Å². The second-order valence-corrected chi connectivity index (χ2v) is 7.15. The van der Waals surface area contributed by atoms with E-state index in [1.807, 2.05) is 62.0 Å². The number of carbonyl (C=O) groups excluding carboxylic acids is 1. The molecule has 2 aromatic rings. The largest absolute Gasteiger partial charge is 0.393 e. The van der Waals surface area contributed by atoms with Crippen LogP contribution in [0.5, 0.6) is 0 Å². The number of benzene rings is 1. The molecule has 1 N–H and O–H groups in total. The minimum Gasteiger partial charge on any atom is -0.393 e. The molecule has 1 aliphatic rings. The van der Waals surface area contributed by atoms with Crippen LogP contribution in [0, 0.1) is 13.8 Å². The van der Waals surface area contributed by atoms with E-state index < -0.39 is 5.60 Å². The number of carbonyl (C=O) groups is 1. The Morgan fingerprint density at radius 2 is 2.07 bits per heavy atom. The van der Waals surface area contributed by atoms with Crippen molar-refractivity contribution < 1.29 is 14.6 Å². The molecule has 1 unspecified atom stereocenters. The van der Waals surface area contributed by atoms with Gasteiger partial charge in [-0.2, -0.15) is 5.10 Å². The van der Waals surface area contributed by atoms with Gasteiger partial charge >= 0.3 is 0 Å². The molecule has 1 fully saturated rings. The maximum atomic E-state index is 12.7. The second-order valence-electron chi connectivity index (χ2n) is 7.15. The van der Waals surface area contributed by atoms with Crippen LogP contribution in [0.3, 0.4) is 0 Å². The van der Waals surface area contributed by atoms with Crippen LogP contribution < -0.4 is 0 Å². The van der Waals surface area contributed by atoms with Gasteiger partial charge < -0.3 is 14.7 Å². The lowest BCUT2D eigenvalue weighted by Crippen LogP contribution is -2.56. The number of ether oxygens (including phenoxy) is 1. The third-order valence-electron chi connectivity index (χ3n) is 5.17. The molecule has 6 nitrogen and oxygen atoms in total. The van der Waals surface area contributed by atoms with Gasteiger partial charge in [0.05, 0.1) is 25.5 Å². The van der Waals surface area contributed by atoms with Crippen molar-refractivity contribution in [3.05, 3.63) is 58.9 Å². The van der Waals surface area contributed by atoms with Gasteiger partial charge in [0, 0.05) is 37.3 Å². The Bertz CT molecular complexity index is 829. The molecule has 0 aliphatic carbocycles. The smallest absolute Gasteiger partial charge is 0.246 e. The Balaban J connectivity index is 1.72. The van der Waals surface area contributed by atoms with Crippen LogP contribution in [0.2, 0.25) is 0 Å². The molecule has 144 valence electrons. The van der Waals surface area contributed by atoms with Gasteiger partial charge in [-0.3, -0.25) is 9.48 Å². The summed E-state index contributed by atoms with van der Waals surface area (Å²) in [6.45, 7) is 5.09. The number of hydrogen-bond acceptors (Lipinski definition) is 4. The third-order valence-corrected chi connectivity index (χ3v) is 5.17. The molecule has 2 heterocycles. The highest BCUT2D eigenvalue weighted by Gasteiger charge is 2.37. The number of aliphatic hydroxyl groups excluding tert-OH is 1. The summed E-state index contributed by atoms with van der Waals surface area (Å²) in [6, 6.07) is 9.91. The summed E-state index contributed by atoms with van der Waals surface area (Å²) >= 11 is 0. The Kier molecular flexibility index (Phi) is 5.77. The van der Waals surface area contributed by atoms with Crippen molar-refractivity contribution in [2.45, 2.75) is 25.9 Å². The number of rotatable bonds is 5. The maximum Gasteiger partial charge on any atom is 0.246 e. The third kappa shape index (κ3) is 4.28. The number of aliphatic hydroxyl groups is 1. The van der Waals surface area contributed by atoms with E-state index >= 15 is 0 Å². The molecule has 1 amide bonds. The molecule has 1 saturated heterocycles. The Morgan fingerprint density at radius 3 is 2.70 bits per heavy atom. The Labute approximate surface area is 160 Å². The summed E-state index contributed by atoms with van der Waals surface area (Å²) in [4.78, 5) is 14.5. The van der Waals surface area contributed by atoms with Crippen LogP contribution in [-0.2, 0) is 23.0 Å². The van der Waals surface area contributed by atoms with Gasteiger partial charge in [0.25, 0.3) is 0 Å². The molecule has 1 aliphatic heterocycles. The fraction of sp³-hybridized carbons (Fsp3) is 0.429. The zero-order valence-electron chi connectivity index (χ0n) is 16.2. The average Bonchev–Trinajstić information content (AvgIpc) is 2.92. The predicted octanol–water partition coefficient (Wildman–Crippen LogP) is 1.88. The van der Waals surface area contributed by atoms with Gasteiger partial charge in [0.1, 0.15) is 5.60 Å². The lowest BCUT2D eigenvalue weighted by molar-refractivity contribution is -0.153. The molecule has 0 saturated carbocycles. The van der Waals surface area contributed by atoms with Crippen LogP contribution in [0.15, 0.2) is 36.4 Å². The monoisotopic (exact) mass is 369 g/mol. The van der Waals surface area contributed by atoms with Crippen LogP contribution in [-0.4, -0.2) is 57.6 Å². The Hall–Kier alpha value is -2.44. The fourth-order valence-electron chi connectivity index (χ4n) is 3.55. The van der Waals surface area contributed by atoms with E-state index in [4.69, 9.17) is 4.74 Å². The van der Waals surface area contributed by atoms with Gasteiger partial charge in [-0.15, -0.1) is 0 Å². The normalized spacial score (nSPS) is 20.4. The van der Waals surface area contributed by atoms with Crippen LogP contribution >= 0.6 is 0 Å². The molecule has 3 rings (SSSR count). The number of aryl methyl sites for hydroxylation is 2. The van der Waals surface area contributed by atoms with Crippen molar-refractivity contribution in [2.75, 3.05) is 26.3 Å². The Morgan fingerprint density at radius 1 is 1.33 bits per heavy atom. The minimum atomic E-state index is -0.761. The van der Waals surface area contributed by atoms with E-state index in [1.54, 1.807) is 11.0 Å². The molecule has 0 bridgehead atoms. The highest BCUT2D eigenvalue weighted by molar-refractivity contribution is 5.92. The fourth-order valence-corrected chi connectivity index (χ4v) is 3.55. The van der Waals surface area contributed by atoms with Crippen molar-refractivity contribution in [1.82, 2.24) is 14.7 Å². The van der Waals surface area contributed by atoms with Crippen molar-refractivity contribution in [3.63, 3.8) is 0 Å². The molecule has 0 radical (unpaired) electrons.